The molecule has 112 valence electrons. The lowest BCUT2D eigenvalue weighted by Crippen LogP contribution is -2.27. The molecule has 0 bridgehead atoms. The van der Waals surface area contributed by atoms with Crippen molar-refractivity contribution in [1.82, 2.24) is 15.1 Å². The molecule has 0 saturated carbocycles. The average molecular weight is 307 g/mol. The summed E-state index contributed by atoms with van der Waals surface area (Å²) >= 11 is 6.15. The van der Waals surface area contributed by atoms with Gasteiger partial charge in [0.15, 0.2) is 0 Å². The number of aromatic nitrogens is 2. The van der Waals surface area contributed by atoms with Crippen molar-refractivity contribution in [1.29, 1.82) is 0 Å². The second-order valence-electron chi connectivity index (χ2n) is 5.60. The van der Waals surface area contributed by atoms with E-state index in [4.69, 9.17) is 21.8 Å². The molecule has 0 radical (unpaired) electrons. The highest BCUT2D eigenvalue weighted by atomic mass is 35.5. The molecular formula is C15H19ClN4O. The van der Waals surface area contributed by atoms with E-state index in [1.807, 2.05) is 24.3 Å². The lowest BCUT2D eigenvalue weighted by molar-refractivity contribution is 0.230. The molecule has 21 heavy (non-hydrogen) atoms. The standard InChI is InChI=1S/C15H19ClN4O/c1-10-6-11(7-17)8-20(10)9-14-18-19-15(21-14)12-4-2-3-5-13(12)16/h2-5,10-11H,6-9,17H2,1H3. The fourth-order valence-corrected chi connectivity index (χ4v) is 3.06. The van der Waals surface area contributed by atoms with Gasteiger partial charge in [0.2, 0.25) is 11.8 Å². The Bertz CT molecular complexity index is 615. The number of likely N-dealkylation sites (tertiary alicyclic amines) is 1. The molecule has 0 aliphatic carbocycles. The summed E-state index contributed by atoms with van der Waals surface area (Å²) in [7, 11) is 0. The van der Waals surface area contributed by atoms with Crippen LogP contribution in [0, 0.1) is 5.92 Å². The van der Waals surface area contributed by atoms with Crippen LogP contribution in [-0.2, 0) is 6.54 Å². The minimum Gasteiger partial charge on any atom is -0.419 e. The molecule has 1 saturated heterocycles. The fraction of sp³-hybridized carbons (Fsp3) is 0.467. The average Bonchev–Trinajstić information content (AvgIpc) is 3.07. The normalized spacial score (nSPS) is 22.8. The number of benzene rings is 1. The minimum atomic E-state index is 0.470. The lowest BCUT2D eigenvalue weighted by atomic mass is 10.1. The van der Waals surface area contributed by atoms with E-state index in [0.29, 0.717) is 35.3 Å². The van der Waals surface area contributed by atoms with Crippen LogP contribution in [0.15, 0.2) is 28.7 Å². The van der Waals surface area contributed by atoms with Crippen LogP contribution < -0.4 is 5.73 Å². The van der Waals surface area contributed by atoms with Gasteiger partial charge in [-0.1, -0.05) is 23.7 Å². The summed E-state index contributed by atoms with van der Waals surface area (Å²) in [5.74, 6) is 1.65. The SMILES string of the molecule is CC1CC(CN)CN1Cc1nnc(-c2ccccc2Cl)o1. The summed E-state index contributed by atoms with van der Waals surface area (Å²) in [5.41, 5.74) is 6.53. The molecular weight excluding hydrogens is 288 g/mol. The van der Waals surface area contributed by atoms with Gasteiger partial charge in [-0.2, -0.15) is 0 Å². The zero-order valence-electron chi connectivity index (χ0n) is 12.0. The molecule has 1 fully saturated rings. The maximum absolute atomic E-state index is 6.15. The van der Waals surface area contributed by atoms with Crippen LogP contribution in [0.4, 0.5) is 0 Å². The third kappa shape index (κ3) is 3.10. The van der Waals surface area contributed by atoms with Crippen LogP contribution in [0.25, 0.3) is 11.5 Å². The highest BCUT2D eigenvalue weighted by Crippen LogP contribution is 2.28. The van der Waals surface area contributed by atoms with Crippen molar-refractivity contribution in [3.8, 4) is 11.5 Å². The van der Waals surface area contributed by atoms with Crippen LogP contribution in [0.1, 0.15) is 19.2 Å². The van der Waals surface area contributed by atoms with Crippen LogP contribution in [0.2, 0.25) is 5.02 Å². The van der Waals surface area contributed by atoms with Crippen LogP contribution in [0.3, 0.4) is 0 Å². The molecule has 6 heteroatoms. The predicted octanol–water partition coefficient (Wildman–Crippen LogP) is 2.56. The first kappa shape index (κ1) is 14.5. The van der Waals surface area contributed by atoms with E-state index < -0.39 is 0 Å². The highest BCUT2D eigenvalue weighted by Gasteiger charge is 2.29. The van der Waals surface area contributed by atoms with Crippen molar-refractivity contribution in [3.63, 3.8) is 0 Å². The van der Waals surface area contributed by atoms with Gasteiger partial charge >= 0.3 is 0 Å². The van der Waals surface area contributed by atoms with E-state index in [-0.39, 0.29) is 0 Å². The van der Waals surface area contributed by atoms with E-state index in [9.17, 15) is 0 Å². The Labute approximate surface area is 129 Å². The van der Waals surface area contributed by atoms with Gasteiger partial charge in [0.05, 0.1) is 17.1 Å². The molecule has 5 nitrogen and oxygen atoms in total. The van der Waals surface area contributed by atoms with Crippen LogP contribution >= 0.6 is 11.6 Å². The molecule has 2 heterocycles. The third-order valence-corrected chi connectivity index (χ3v) is 4.36. The summed E-state index contributed by atoms with van der Waals surface area (Å²) in [6, 6.07) is 7.97. The number of rotatable bonds is 4. The quantitative estimate of drug-likeness (QED) is 0.940. The Balaban J connectivity index is 1.73. The lowest BCUT2D eigenvalue weighted by Gasteiger charge is -2.18. The Morgan fingerprint density at radius 2 is 2.19 bits per heavy atom. The largest absolute Gasteiger partial charge is 0.419 e. The Morgan fingerprint density at radius 3 is 2.90 bits per heavy atom. The van der Waals surface area contributed by atoms with E-state index in [2.05, 4.69) is 22.0 Å². The van der Waals surface area contributed by atoms with E-state index in [1.165, 1.54) is 0 Å². The summed E-state index contributed by atoms with van der Waals surface area (Å²) in [6.07, 6.45) is 1.13. The number of hydrogen-bond donors (Lipinski definition) is 1. The molecule has 3 rings (SSSR count). The molecule has 2 aromatic rings. The van der Waals surface area contributed by atoms with Gasteiger partial charge < -0.3 is 10.2 Å². The van der Waals surface area contributed by atoms with Gasteiger partial charge in [-0.3, -0.25) is 4.90 Å². The summed E-state index contributed by atoms with van der Waals surface area (Å²) in [5, 5.41) is 8.85. The molecule has 0 amide bonds. The van der Waals surface area contributed by atoms with E-state index in [0.717, 1.165) is 25.1 Å². The third-order valence-electron chi connectivity index (χ3n) is 4.03. The summed E-state index contributed by atoms with van der Waals surface area (Å²) in [6.45, 7) is 4.59. The van der Waals surface area contributed by atoms with Crippen molar-refractivity contribution in [2.24, 2.45) is 11.7 Å². The summed E-state index contributed by atoms with van der Waals surface area (Å²) in [4.78, 5) is 2.33. The van der Waals surface area contributed by atoms with Crippen molar-refractivity contribution < 1.29 is 4.42 Å². The number of nitrogens with zero attached hydrogens (tertiary/aromatic N) is 3. The molecule has 2 N–H and O–H groups in total. The maximum Gasteiger partial charge on any atom is 0.249 e. The van der Waals surface area contributed by atoms with Gasteiger partial charge in [-0.25, -0.2) is 0 Å². The summed E-state index contributed by atoms with van der Waals surface area (Å²) < 4.78 is 5.75. The fourth-order valence-electron chi connectivity index (χ4n) is 2.84. The second kappa shape index (κ2) is 6.13. The monoisotopic (exact) mass is 306 g/mol. The van der Waals surface area contributed by atoms with Crippen LogP contribution in [0.5, 0.6) is 0 Å². The van der Waals surface area contributed by atoms with Crippen molar-refractivity contribution in [2.75, 3.05) is 13.1 Å². The zero-order chi connectivity index (χ0) is 14.8. The Morgan fingerprint density at radius 1 is 1.38 bits per heavy atom. The molecule has 2 unspecified atom stereocenters. The molecule has 0 spiro atoms. The van der Waals surface area contributed by atoms with Crippen molar-refractivity contribution in [2.45, 2.75) is 25.9 Å². The first-order chi connectivity index (χ1) is 10.2. The van der Waals surface area contributed by atoms with Crippen LogP contribution in [-0.4, -0.2) is 34.2 Å². The molecule has 1 aromatic heterocycles. The van der Waals surface area contributed by atoms with E-state index in [1.54, 1.807) is 0 Å². The topological polar surface area (TPSA) is 68.2 Å². The molecule has 1 aliphatic rings. The van der Waals surface area contributed by atoms with E-state index >= 15 is 0 Å². The number of halogens is 1. The predicted molar refractivity (Wildman–Crippen MR) is 81.8 cm³/mol. The number of hydrogen-bond acceptors (Lipinski definition) is 5. The molecule has 1 aromatic carbocycles. The van der Waals surface area contributed by atoms with Gasteiger partial charge in [0, 0.05) is 12.6 Å². The smallest absolute Gasteiger partial charge is 0.249 e. The Hall–Kier alpha value is -1.43. The zero-order valence-corrected chi connectivity index (χ0v) is 12.8. The van der Waals surface area contributed by atoms with Crippen molar-refractivity contribution >= 4 is 11.6 Å². The van der Waals surface area contributed by atoms with Gasteiger partial charge in [-0.05, 0) is 37.9 Å². The highest BCUT2D eigenvalue weighted by molar-refractivity contribution is 6.33. The van der Waals surface area contributed by atoms with Crippen molar-refractivity contribution in [3.05, 3.63) is 35.2 Å². The second-order valence-corrected chi connectivity index (χ2v) is 6.00. The maximum atomic E-state index is 6.15. The van der Waals surface area contributed by atoms with Gasteiger partial charge in [-0.15, -0.1) is 10.2 Å². The minimum absolute atomic E-state index is 0.470. The molecule has 1 aliphatic heterocycles. The van der Waals surface area contributed by atoms with Gasteiger partial charge in [0.1, 0.15) is 0 Å². The Kier molecular flexibility index (Phi) is 4.24. The first-order valence-corrected chi connectivity index (χ1v) is 7.56. The molecule has 2 atom stereocenters. The van der Waals surface area contributed by atoms with Gasteiger partial charge in [0.25, 0.3) is 0 Å². The first-order valence-electron chi connectivity index (χ1n) is 7.18. The number of nitrogens with two attached hydrogens (primary N) is 1.